The highest BCUT2D eigenvalue weighted by atomic mass is 32.2. The van der Waals surface area contributed by atoms with Crippen molar-refractivity contribution in [2.45, 2.75) is 12.6 Å². The maximum atomic E-state index is 12.5. The highest BCUT2D eigenvalue weighted by Crippen LogP contribution is 2.26. The van der Waals surface area contributed by atoms with Crippen molar-refractivity contribution in [3.63, 3.8) is 0 Å². The number of hydrogen-bond acceptors (Lipinski definition) is 7. The van der Waals surface area contributed by atoms with E-state index in [9.17, 15) is 26.9 Å². The van der Waals surface area contributed by atoms with Gasteiger partial charge in [0.05, 0.1) is 30.2 Å². The van der Waals surface area contributed by atoms with Crippen LogP contribution in [0, 0.1) is 11.3 Å². The lowest BCUT2D eigenvalue weighted by atomic mass is 10.1. The maximum absolute atomic E-state index is 12.5. The molecule has 2 heterocycles. The van der Waals surface area contributed by atoms with E-state index in [4.69, 9.17) is 4.74 Å². The van der Waals surface area contributed by atoms with Crippen LogP contribution in [0.1, 0.15) is 17.0 Å². The number of benzene rings is 2. The number of nitrogens with one attached hydrogen (secondary N) is 1. The van der Waals surface area contributed by atoms with Gasteiger partial charge in [0.25, 0.3) is 0 Å². The van der Waals surface area contributed by atoms with Crippen molar-refractivity contribution in [2.75, 3.05) is 41.7 Å². The fourth-order valence-electron chi connectivity index (χ4n) is 3.78. The molecule has 0 aliphatic carbocycles. The van der Waals surface area contributed by atoms with Gasteiger partial charge in [-0.05, 0) is 35.9 Å². The minimum absolute atomic E-state index is 0.128. The molecule has 1 fully saturated rings. The molecule has 0 spiro atoms. The monoisotopic (exact) mass is 517 g/mol. The number of anilines is 2. The van der Waals surface area contributed by atoms with Crippen LogP contribution in [0.3, 0.4) is 0 Å². The second-order valence-electron chi connectivity index (χ2n) is 8.15. The molecule has 0 unspecified atom stereocenters. The largest absolute Gasteiger partial charge is 0.404 e. The summed E-state index contributed by atoms with van der Waals surface area (Å²) < 4.78 is 68.4. The van der Waals surface area contributed by atoms with Crippen molar-refractivity contribution in [2.24, 2.45) is 0 Å². The number of nitriles is 1. The molecule has 3 aromatic rings. The van der Waals surface area contributed by atoms with Gasteiger partial charge < -0.3 is 9.64 Å². The van der Waals surface area contributed by atoms with E-state index in [2.05, 4.69) is 14.9 Å². The number of nitrogens with zero attached hydrogens (tertiary/aromatic N) is 4. The molecule has 1 aliphatic rings. The van der Waals surface area contributed by atoms with Crippen LogP contribution in [0.5, 0.6) is 0 Å². The Bertz CT molecular complexity index is 1370. The second-order valence-corrected chi connectivity index (χ2v) is 9.87. The van der Waals surface area contributed by atoms with Gasteiger partial charge in [-0.2, -0.15) is 18.4 Å². The average Bonchev–Trinajstić information content (AvgIpc) is 2.84. The Hall–Kier alpha value is -3.69. The van der Waals surface area contributed by atoms with Gasteiger partial charge in [-0.3, -0.25) is 4.72 Å². The second kappa shape index (κ2) is 10.5. The van der Waals surface area contributed by atoms with Crippen LogP contribution in [-0.2, 0) is 21.2 Å². The quantitative estimate of drug-likeness (QED) is 0.509. The lowest BCUT2D eigenvalue weighted by molar-refractivity contribution is -0.106. The number of halogens is 3. The van der Waals surface area contributed by atoms with E-state index in [-0.39, 0.29) is 11.3 Å². The molecular formula is C24H22F3N5O3S. The lowest BCUT2D eigenvalue weighted by Gasteiger charge is -2.28. The van der Waals surface area contributed by atoms with E-state index in [1.54, 1.807) is 12.3 Å². The molecule has 0 saturated carbocycles. The summed E-state index contributed by atoms with van der Waals surface area (Å²) in [4.78, 5) is 11.1. The molecule has 0 atom stereocenters. The van der Waals surface area contributed by atoms with Crippen LogP contribution in [0.15, 0.2) is 54.7 Å². The van der Waals surface area contributed by atoms with Crippen LogP contribution in [0.25, 0.3) is 11.3 Å². The maximum Gasteiger partial charge on any atom is 0.404 e. The van der Waals surface area contributed by atoms with E-state index in [1.807, 2.05) is 35.1 Å². The Morgan fingerprint density at radius 2 is 1.81 bits per heavy atom. The Morgan fingerprint density at radius 3 is 2.47 bits per heavy atom. The molecule has 12 heteroatoms. The summed E-state index contributed by atoms with van der Waals surface area (Å²) in [7, 11) is -4.72. The number of hydrogen-bond donors (Lipinski definition) is 1. The number of sulfonamides is 1. The Kier molecular flexibility index (Phi) is 7.42. The molecule has 36 heavy (non-hydrogen) atoms. The number of aromatic nitrogens is 2. The normalized spacial score (nSPS) is 14.3. The first kappa shape index (κ1) is 25.4. The highest BCUT2D eigenvalue weighted by Gasteiger charge is 2.35. The predicted octanol–water partition coefficient (Wildman–Crippen LogP) is 3.75. The number of ether oxygens (including phenoxy) is 1. The minimum Gasteiger partial charge on any atom is -0.378 e. The molecule has 0 radical (unpaired) electrons. The third kappa shape index (κ3) is 6.71. The van der Waals surface area contributed by atoms with Gasteiger partial charge in [0, 0.05) is 37.0 Å². The van der Waals surface area contributed by atoms with E-state index in [0.717, 1.165) is 24.3 Å². The van der Waals surface area contributed by atoms with Gasteiger partial charge in [-0.1, -0.05) is 18.2 Å². The van der Waals surface area contributed by atoms with Gasteiger partial charge >= 0.3 is 6.18 Å². The van der Waals surface area contributed by atoms with Crippen LogP contribution in [-0.4, -0.2) is 56.6 Å². The van der Waals surface area contributed by atoms with Crippen LogP contribution in [0.2, 0.25) is 0 Å². The molecule has 0 amide bonds. The molecule has 1 aliphatic heterocycles. The van der Waals surface area contributed by atoms with Gasteiger partial charge in [0.15, 0.2) is 5.75 Å². The van der Waals surface area contributed by atoms with E-state index >= 15 is 0 Å². The summed E-state index contributed by atoms with van der Waals surface area (Å²) in [6, 6.07) is 15.7. The fourth-order valence-corrected chi connectivity index (χ4v) is 4.79. The van der Waals surface area contributed by atoms with Crippen molar-refractivity contribution >= 4 is 21.4 Å². The average molecular weight is 518 g/mol. The third-order valence-corrected chi connectivity index (χ3v) is 6.67. The Balaban J connectivity index is 1.50. The SMILES string of the molecule is N#Cc1cc(-c2ccnc(Cc3ccc(N4CCOCC4)cc3)n2)ccc1NS(=O)(=O)CC(F)(F)F. The van der Waals surface area contributed by atoms with Crippen molar-refractivity contribution in [3.8, 4) is 17.3 Å². The fraction of sp³-hybridized carbons (Fsp3) is 0.292. The van der Waals surface area contributed by atoms with Crippen molar-refractivity contribution < 1.29 is 26.3 Å². The molecule has 1 aromatic heterocycles. The zero-order valence-electron chi connectivity index (χ0n) is 19.0. The van der Waals surface area contributed by atoms with Gasteiger partial charge in [-0.15, -0.1) is 0 Å². The number of alkyl halides is 3. The van der Waals surface area contributed by atoms with Gasteiger partial charge in [-0.25, -0.2) is 18.4 Å². The highest BCUT2D eigenvalue weighted by molar-refractivity contribution is 7.92. The van der Waals surface area contributed by atoms with Crippen molar-refractivity contribution in [1.29, 1.82) is 5.26 Å². The molecule has 0 bridgehead atoms. The first-order chi connectivity index (χ1) is 17.1. The standard InChI is InChI=1S/C24H22F3N5O3S/c25-24(26,27)16-36(33,34)31-22-6-3-18(14-19(22)15-28)21-7-8-29-23(30-21)13-17-1-4-20(5-2-17)32-9-11-35-12-10-32/h1-8,14,31H,9-13,16H2. The molecule has 4 rings (SSSR count). The van der Waals surface area contributed by atoms with Crippen LogP contribution in [0.4, 0.5) is 24.5 Å². The Morgan fingerprint density at radius 1 is 1.08 bits per heavy atom. The van der Waals surface area contributed by atoms with Crippen LogP contribution >= 0.6 is 0 Å². The minimum atomic E-state index is -4.90. The summed E-state index contributed by atoms with van der Waals surface area (Å²) in [5, 5.41) is 9.44. The zero-order chi connectivity index (χ0) is 25.8. The lowest BCUT2D eigenvalue weighted by Crippen LogP contribution is -2.36. The number of rotatable bonds is 7. The first-order valence-electron chi connectivity index (χ1n) is 11.0. The van der Waals surface area contributed by atoms with E-state index < -0.39 is 22.0 Å². The molecule has 1 N–H and O–H groups in total. The summed E-state index contributed by atoms with van der Waals surface area (Å²) in [5.74, 6) is -1.50. The smallest absolute Gasteiger partial charge is 0.378 e. The summed E-state index contributed by atoms with van der Waals surface area (Å²) in [5.41, 5.74) is 2.75. The third-order valence-electron chi connectivity index (χ3n) is 5.44. The summed E-state index contributed by atoms with van der Waals surface area (Å²) >= 11 is 0. The van der Waals surface area contributed by atoms with Crippen LogP contribution < -0.4 is 9.62 Å². The van der Waals surface area contributed by atoms with Gasteiger partial charge in [0.1, 0.15) is 11.9 Å². The molecule has 2 aromatic carbocycles. The van der Waals surface area contributed by atoms with Crippen molar-refractivity contribution in [3.05, 3.63) is 71.7 Å². The molecular weight excluding hydrogens is 495 g/mol. The topological polar surface area (TPSA) is 108 Å². The summed E-state index contributed by atoms with van der Waals surface area (Å²) in [6.07, 6.45) is -2.86. The number of morpholine rings is 1. The molecule has 8 nitrogen and oxygen atoms in total. The van der Waals surface area contributed by atoms with Crippen molar-refractivity contribution in [1.82, 2.24) is 9.97 Å². The predicted molar refractivity (Wildman–Crippen MR) is 128 cm³/mol. The summed E-state index contributed by atoms with van der Waals surface area (Å²) in [6.45, 7) is 3.10. The zero-order valence-corrected chi connectivity index (χ0v) is 19.8. The molecule has 1 saturated heterocycles. The first-order valence-corrected chi connectivity index (χ1v) is 12.6. The van der Waals surface area contributed by atoms with E-state index in [1.165, 1.54) is 18.2 Å². The van der Waals surface area contributed by atoms with E-state index in [0.29, 0.717) is 36.7 Å². The molecule has 188 valence electrons. The Labute approximate surface area is 206 Å². The van der Waals surface area contributed by atoms with Gasteiger partial charge in [0.2, 0.25) is 10.0 Å².